The van der Waals surface area contributed by atoms with Gasteiger partial charge in [0.15, 0.2) is 0 Å². The third kappa shape index (κ3) is 5.38. The van der Waals surface area contributed by atoms with Gasteiger partial charge in [-0.2, -0.15) is 0 Å². The molecular weight excluding hydrogens is 422 g/mol. The number of anilines is 3. The topological polar surface area (TPSA) is 102 Å². The normalized spacial score (nSPS) is 17.4. The van der Waals surface area contributed by atoms with Gasteiger partial charge in [-0.05, 0) is 49.2 Å². The molecule has 33 heavy (non-hydrogen) atoms. The summed E-state index contributed by atoms with van der Waals surface area (Å²) in [5, 5.41) is 5.55. The summed E-state index contributed by atoms with van der Waals surface area (Å²) in [4.78, 5) is 53.8. The molecule has 2 aromatic rings. The molecule has 0 atom stereocenters. The Bertz CT molecular complexity index is 1030. The Kier molecular flexibility index (Phi) is 6.69. The highest BCUT2D eigenvalue weighted by molar-refractivity contribution is 6.19. The van der Waals surface area contributed by atoms with Crippen molar-refractivity contribution < 1.29 is 19.2 Å². The van der Waals surface area contributed by atoms with Gasteiger partial charge in [0, 0.05) is 37.4 Å². The lowest BCUT2D eigenvalue weighted by molar-refractivity contribution is -0.117. The van der Waals surface area contributed by atoms with Crippen molar-refractivity contribution >= 4 is 40.8 Å². The molecule has 0 bridgehead atoms. The van der Waals surface area contributed by atoms with E-state index < -0.39 is 0 Å². The number of hydrogen-bond donors (Lipinski definition) is 2. The van der Waals surface area contributed by atoms with Gasteiger partial charge in [-0.15, -0.1) is 0 Å². The van der Waals surface area contributed by atoms with Crippen LogP contribution in [0, 0.1) is 0 Å². The van der Waals surface area contributed by atoms with Crippen LogP contribution in [0.3, 0.4) is 0 Å². The molecular formula is C24H27N5O4. The van der Waals surface area contributed by atoms with Gasteiger partial charge < -0.3 is 15.5 Å². The molecule has 2 N–H and O–H groups in total. The van der Waals surface area contributed by atoms with Crippen molar-refractivity contribution in [2.45, 2.75) is 25.8 Å². The summed E-state index contributed by atoms with van der Waals surface area (Å²) < 4.78 is 0. The summed E-state index contributed by atoms with van der Waals surface area (Å²) in [5.41, 5.74) is 1.92. The van der Waals surface area contributed by atoms with Gasteiger partial charge in [0.1, 0.15) is 6.54 Å². The number of nitrogens with one attached hydrogen (secondary N) is 2. The molecule has 9 nitrogen and oxygen atoms in total. The fourth-order valence-corrected chi connectivity index (χ4v) is 4.27. The number of urea groups is 1. The molecule has 2 aliphatic heterocycles. The minimum Gasteiger partial charge on any atom is -0.326 e. The molecule has 172 valence electrons. The molecule has 0 saturated carbocycles. The van der Waals surface area contributed by atoms with E-state index in [1.807, 2.05) is 6.07 Å². The largest absolute Gasteiger partial charge is 0.332 e. The highest BCUT2D eigenvalue weighted by Crippen LogP contribution is 2.26. The van der Waals surface area contributed by atoms with Crippen molar-refractivity contribution in [1.29, 1.82) is 0 Å². The number of nitrogens with zero attached hydrogens (tertiary/aromatic N) is 3. The third-order valence-corrected chi connectivity index (χ3v) is 5.86. The first-order valence-electron chi connectivity index (χ1n) is 11.0. The maximum absolute atomic E-state index is 12.9. The molecule has 4 rings (SSSR count). The number of likely N-dealkylation sites (tertiary alicyclic amines) is 1. The number of benzene rings is 2. The number of piperidine rings is 1. The van der Waals surface area contributed by atoms with E-state index >= 15 is 0 Å². The lowest BCUT2D eigenvalue weighted by Crippen LogP contribution is -2.48. The van der Waals surface area contributed by atoms with Gasteiger partial charge in [-0.3, -0.25) is 19.3 Å². The molecule has 2 fully saturated rings. The SMILES string of the molecule is CC(=O)Nc1ccc(NC(=O)CN2CCC(N3CC(=O)N(c4ccccc4)C3=O)CC2)cc1. The fraction of sp³-hybridized carbons (Fsp3) is 0.333. The Balaban J connectivity index is 1.26. The number of rotatable bonds is 6. The van der Waals surface area contributed by atoms with Gasteiger partial charge in [0.25, 0.3) is 5.91 Å². The summed E-state index contributed by atoms with van der Waals surface area (Å²) in [6, 6.07) is 15.6. The highest BCUT2D eigenvalue weighted by atomic mass is 16.2. The number of amides is 5. The Hall–Kier alpha value is -3.72. The number of para-hydroxylation sites is 1. The van der Waals surface area contributed by atoms with E-state index in [1.165, 1.54) is 11.8 Å². The van der Waals surface area contributed by atoms with Crippen LogP contribution in [0.5, 0.6) is 0 Å². The van der Waals surface area contributed by atoms with Crippen molar-refractivity contribution in [3.63, 3.8) is 0 Å². The number of hydrogen-bond acceptors (Lipinski definition) is 5. The molecule has 0 aromatic heterocycles. The van der Waals surface area contributed by atoms with Crippen LogP contribution in [0.25, 0.3) is 0 Å². The van der Waals surface area contributed by atoms with E-state index in [4.69, 9.17) is 0 Å². The van der Waals surface area contributed by atoms with E-state index in [0.717, 1.165) is 0 Å². The van der Waals surface area contributed by atoms with Gasteiger partial charge in [0.2, 0.25) is 11.8 Å². The van der Waals surface area contributed by atoms with Crippen LogP contribution >= 0.6 is 0 Å². The van der Waals surface area contributed by atoms with Gasteiger partial charge >= 0.3 is 6.03 Å². The average molecular weight is 450 g/mol. The molecule has 2 heterocycles. The van der Waals surface area contributed by atoms with Crippen LogP contribution in [-0.4, -0.2) is 65.8 Å². The van der Waals surface area contributed by atoms with Gasteiger partial charge in [0.05, 0.1) is 12.2 Å². The predicted octanol–water partition coefficient (Wildman–Crippen LogP) is 2.52. The quantitative estimate of drug-likeness (QED) is 0.660. The van der Waals surface area contributed by atoms with Crippen molar-refractivity contribution in [1.82, 2.24) is 9.80 Å². The first-order valence-corrected chi connectivity index (χ1v) is 11.0. The van der Waals surface area contributed by atoms with Crippen LogP contribution in [-0.2, 0) is 14.4 Å². The van der Waals surface area contributed by atoms with Crippen LogP contribution in [0.15, 0.2) is 54.6 Å². The fourth-order valence-electron chi connectivity index (χ4n) is 4.27. The van der Waals surface area contributed by atoms with Crippen molar-refractivity contribution in [2.75, 3.05) is 41.7 Å². The van der Waals surface area contributed by atoms with Crippen molar-refractivity contribution in [3.05, 3.63) is 54.6 Å². The zero-order valence-electron chi connectivity index (χ0n) is 18.5. The monoisotopic (exact) mass is 449 g/mol. The minimum absolute atomic E-state index is 0.0178. The second kappa shape index (κ2) is 9.83. The summed E-state index contributed by atoms with van der Waals surface area (Å²) in [7, 11) is 0. The standard InChI is InChI=1S/C24H27N5O4/c1-17(30)25-18-7-9-19(10-8-18)26-22(31)15-27-13-11-20(12-14-27)28-16-23(32)29(24(28)33)21-5-3-2-4-6-21/h2-10,20H,11-16H2,1H3,(H,25,30)(H,26,31). The minimum atomic E-state index is -0.273. The first kappa shape index (κ1) is 22.5. The van der Waals surface area contributed by atoms with E-state index in [9.17, 15) is 19.2 Å². The molecule has 2 saturated heterocycles. The van der Waals surface area contributed by atoms with Crippen LogP contribution in [0.4, 0.5) is 21.9 Å². The van der Waals surface area contributed by atoms with Gasteiger partial charge in [-0.1, -0.05) is 18.2 Å². The summed E-state index contributed by atoms with van der Waals surface area (Å²) in [6.07, 6.45) is 1.42. The Morgan fingerprint density at radius 1 is 0.909 bits per heavy atom. The van der Waals surface area contributed by atoms with E-state index in [2.05, 4.69) is 15.5 Å². The lowest BCUT2D eigenvalue weighted by Gasteiger charge is -2.35. The second-order valence-corrected chi connectivity index (χ2v) is 8.29. The Morgan fingerprint density at radius 3 is 2.12 bits per heavy atom. The third-order valence-electron chi connectivity index (χ3n) is 5.86. The maximum atomic E-state index is 12.9. The zero-order valence-corrected chi connectivity index (χ0v) is 18.5. The molecule has 2 aromatic carbocycles. The maximum Gasteiger partial charge on any atom is 0.332 e. The van der Waals surface area contributed by atoms with E-state index in [1.54, 1.807) is 53.4 Å². The molecule has 9 heteroatoms. The van der Waals surface area contributed by atoms with Crippen LogP contribution in [0.1, 0.15) is 19.8 Å². The molecule has 0 aliphatic carbocycles. The zero-order chi connectivity index (χ0) is 23.4. The molecule has 0 unspecified atom stereocenters. The number of carbonyl (C=O) groups excluding carboxylic acids is 4. The van der Waals surface area contributed by atoms with Crippen LogP contribution < -0.4 is 15.5 Å². The number of imide groups is 1. The second-order valence-electron chi connectivity index (χ2n) is 8.29. The molecule has 0 spiro atoms. The van der Waals surface area contributed by atoms with Crippen molar-refractivity contribution in [2.24, 2.45) is 0 Å². The Morgan fingerprint density at radius 2 is 1.52 bits per heavy atom. The molecule has 2 aliphatic rings. The summed E-state index contributed by atoms with van der Waals surface area (Å²) in [6.45, 7) is 3.12. The lowest BCUT2D eigenvalue weighted by atomic mass is 10.0. The van der Waals surface area contributed by atoms with Crippen LogP contribution in [0.2, 0.25) is 0 Å². The Labute approximate surface area is 192 Å². The number of carbonyl (C=O) groups is 4. The average Bonchev–Trinajstić information content (AvgIpc) is 3.09. The predicted molar refractivity (Wildman–Crippen MR) is 125 cm³/mol. The highest BCUT2D eigenvalue weighted by Gasteiger charge is 2.41. The molecule has 5 amide bonds. The van der Waals surface area contributed by atoms with E-state index in [-0.39, 0.29) is 42.9 Å². The molecule has 0 radical (unpaired) electrons. The summed E-state index contributed by atoms with van der Waals surface area (Å²) >= 11 is 0. The smallest absolute Gasteiger partial charge is 0.326 e. The van der Waals surface area contributed by atoms with Crippen molar-refractivity contribution in [3.8, 4) is 0 Å². The van der Waals surface area contributed by atoms with Gasteiger partial charge in [-0.25, -0.2) is 9.69 Å². The van der Waals surface area contributed by atoms with E-state index in [0.29, 0.717) is 43.0 Å². The summed E-state index contributed by atoms with van der Waals surface area (Å²) in [5.74, 6) is -0.483. The first-order chi connectivity index (χ1) is 15.9.